The highest BCUT2D eigenvalue weighted by molar-refractivity contribution is 9.10. The van der Waals surface area contributed by atoms with Crippen LogP contribution in [0.15, 0.2) is 22.9 Å². The Morgan fingerprint density at radius 2 is 2.30 bits per heavy atom. The Balaban J connectivity index is 2.48. The summed E-state index contributed by atoms with van der Waals surface area (Å²) in [5.41, 5.74) is 0.767. The molecule has 1 fully saturated rings. The molecule has 5 nitrogen and oxygen atoms in total. The minimum absolute atomic E-state index is 0.0150. The Morgan fingerprint density at radius 3 is 2.90 bits per heavy atom. The number of amides is 1. The smallest absolute Gasteiger partial charge is 0.308 e. The lowest BCUT2D eigenvalue weighted by Crippen LogP contribution is -2.38. The third-order valence-electron chi connectivity index (χ3n) is 3.67. The lowest BCUT2D eigenvalue weighted by Gasteiger charge is -2.32. The average Bonchev–Trinajstić information content (AvgIpc) is 2.57. The van der Waals surface area contributed by atoms with E-state index in [9.17, 15) is 14.7 Å². The van der Waals surface area contributed by atoms with Crippen molar-refractivity contribution < 1.29 is 14.7 Å². The van der Waals surface area contributed by atoms with E-state index in [1.165, 1.54) is 0 Å². The lowest BCUT2D eigenvalue weighted by atomic mass is 9.90. The molecule has 1 aromatic heterocycles. The van der Waals surface area contributed by atoms with Crippen molar-refractivity contribution in [1.82, 2.24) is 9.88 Å². The third-order valence-corrected chi connectivity index (χ3v) is 4.10. The van der Waals surface area contributed by atoms with E-state index in [0.717, 1.165) is 10.0 Å². The zero-order chi connectivity index (χ0) is 14.7. The van der Waals surface area contributed by atoms with Gasteiger partial charge in [-0.05, 0) is 47.3 Å². The number of halogens is 1. The summed E-state index contributed by atoms with van der Waals surface area (Å²) in [6, 6.07) is 1.40. The maximum Gasteiger partial charge on any atom is 0.308 e. The molecule has 20 heavy (non-hydrogen) atoms. The van der Waals surface area contributed by atoms with Gasteiger partial charge < -0.3 is 10.0 Å². The molecule has 1 N–H and O–H groups in total. The number of rotatable bonds is 3. The molecule has 2 heterocycles. The number of likely N-dealkylation sites (tertiary alicyclic amines) is 1. The molecule has 0 bridgehead atoms. The highest BCUT2D eigenvalue weighted by atomic mass is 79.9. The highest BCUT2D eigenvalue weighted by Gasteiger charge is 2.38. The van der Waals surface area contributed by atoms with Gasteiger partial charge in [-0.25, -0.2) is 0 Å². The maximum absolute atomic E-state index is 12.2. The second-order valence-corrected chi connectivity index (χ2v) is 5.81. The van der Waals surface area contributed by atoms with Gasteiger partial charge >= 0.3 is 5.97 Å². The number of carbonyl (C=O) groups is 2. The van der Waals surface area contributed by atoms with Gasteiger partial charge in [-0.15, -0.1) is 0 Å². The van der Waals surface area contributed by atoms with E-state index in [2.05, 4.69) is 20.9 Å². The van der Waals surface area contributed by atoms with Crippen molar-refractivity contribution in [1.29, 1.82) is 0 Å². The van der Waals surface area contributed by atoms with Gasteiger partial charge in [0, 0.05) is 29.8 Å². The molecule has 1 aliphatic rings. The summed E-state index contributed by atoms with van der Waals surface area (Å²) in [6.45, 7) is 2.38. The fourth-order valence-electron chi connectivity index (χ4n) is 2.78. The number of hydrogen-bond acceptors (Lipinski definition) is 3. The standard InChI is InChI=1S/C14H17BrN2O3/c1-2-17-12(18)5-3-4-11(14(19)20)13(17)9-6-10(15)8-16-7-9/h6-8,11,13H,2-5H2,1H3,(H,19,20). The molecule has 0 radical (unpaired) electrons. The van der Waals surface area contributed by atoms with Crippen LogP contribution in [0.3, 0.4) is 0 Å². The highest BCUT2D eigenvalue weighted by Crippen LogP contribution is 2.36. The van der Waals surface area contributed by atoms with Gasteiger partial charge in [-0.2, -0.15) is 0 Å². The van der Waals surface area contributed by atoms with Crippen LogP contribution < -0.4 is 0 Å². The zero-order valence-electron chi connectivity index (χ0n) is 11.3. The maximum atomic E-state index is 12.2. The van der Waals surface area contributed by atoms with E-state index in [4.69, 9.17) is 0 Å². The van der Waals surface area contributed by atoms with Gasteiger partial charge in [0.2, 0.25) is 5.91 Å². The van der Waals surface area contributed by atoms with E-state index in [1.54, 1.807) is 17.3 Å². The quantitative estimate of drug-likeness (QED) is 0.918. The summed E-state index contributed by atoms with van der Waals surface area (Å²) in [5.74, 6) is -1.43. The molecule has 0 aromatic carbocycles. The first-order chi connectivity index (χ1) is 9.54. The fraction of sp³-hybridized carbons (Fsp3) is 0.500. The molecule has 0 aliphatic carbocycles. The monoisotopic (exact) mass is 340 g/mol. The van der Waals surface area contributed by atoms with Gasteiger partial charge in [-0.1, -0.05) is 0 Å². The summed E-state index contributed by atoms with van der Waals surface area (Å²) in [4.78, 5) is 29.5. The Bertz CT molecular complexity index is 519. The summed E-state index contributed by atoms with van der Waals surface area (Å²) >= 11 is 3.35. The Labute approximate surface area is 126 Å². The molecular weight excluding hydrogens is 324 g/mol. The van der Waals surface area contributed by atoms with Crippen LogP contribution in [0.4, 0.5) is 0 Å². The number of nitrogens with zero attached hydrogens (tertiary/aromatic N) is 2. The topological polar surface area (TPSA) is 70.5 Å². The predicted octanol–water partition coefficient (Wildman–Crippen LogP) is 2.62. The van der Waals surface area contributed by atoms with Crippen molar-refractivity contribution in [2.24, 2.45) is 5.92 Å². The first kappa shape index (κ1) is 15.0. The summed E-state index contributed by atoms with van der Waals surface area (Å²) in [6.07, 6.45) is 4.83. The van der Waals surface area contributed by atoms with E-state index in [1.807, 2.05) is 13.0 Å². The van der Waals surface area contributed by atoms with Crippen molar-refractivity contribution in [2.45, 2.75) is 32.2 Å². The molecule has 2 unspecified atom stereocenters. The van der Waals surface area contributed by atoms with Crippen LogP contribution in [0.1, 0.15) is 37.8 Å². The molecule has 108 valence electrons. The number of aliphatic carboxylic acids is 1. The van der Waals surface area contributed by atoms with Crippen LogP contribution in [0.25, 0.3) is 0 Å². The van der Waals surface area contributed by atoms with Crippen LogP contribution in [0, 0.1) is 5.92 Å². The van der Waals surface area contributed by atoms with Crippen molar-refractivity contribution >= 4 is 27.8 Å². The summed E-state index contributed by atoms with van der Waals surface area (Å²) in [7, 11) is 0. The van der Waals surface area contributed by atoms with Crippen LogP contribution in [-0.2, 0) is 9.59 Å². The van der Waals surface area contributed by atoms with Crippen LogP contribution in [-0.4, -0.2) is 33.4 Å². The Hall–Kier alpha value is -1.43. The first-order valence-corrected chi connectivity index (χ1v) is 7.46. The number of carboxylic acid groups (broad SMARTS) is 1. The summed E-state index contributed by atoms with van der Waals surface area (Å²) in [5, 5.41) is 9.49. The molecule has 1 saturated heterocycles. The SMILES string of the molecule is CCN1C(=O)CCCC(C(=O)O)C1c1cncc(Br)c1. The summed E-state index contributed by atoms with van der Waals surface area (Å²) < 4.78 is 0.784. The second kappa shape index (κ2) is 6.35. The number of hydrogen-bond donors (Lipinski definition) is 1. The fourth-order valence-corrected chi connectivity index (χ4v) is 3.16. The van der Waals surface area contributed by atoms with Crippen LogP contribution in [0.5, 0.6) is 0 Å². The molecule has 2 rings (SSSR count). The third kappa shape index (κ3) is 3.00. The van der Waals surface area contributed by atoms with E-state index >= 15 is 0 Å². The molecule has 0 spiro atoms. The number of carbonyl (C=O) groups excluding carboxylic acids is 1. The van der Waals surface area contributed by atoms with Gasteiger partial charge in [0.1, 0.15) is 0 Å². The zero-order valence-corrected chi connectivity index (χ0v) is 12.8. The Morgan fingerprint density at radius 1 is 1.55 bits per heavy atom. The Kier molecular flexibility index (Phi) is 4.75. The number of carboxylic acids is 1. The van der Waals surface area contributed by atoms with Crippen molar-refractivity contribution in [3.8, 4) is 0 Å². The van der Waals surface area contributed by atoms with E-state index < -0.39 is 17.9 Å². The van der Waals surface area contributed by atoms with E-state index in [0.29, 0.717) is 25.8 Å². The normalized spacial score (nSPS) is 23.5. The number of pyridine rings is 1. The van der Waals surface area contributed by atoms with Gasteiger partial charge in [0.25, 0.3) is 0 Å². The average molecular weight is 341 g/mol. The van der Waals surface area contributed by atoms with Crippen molar-refractivity contribution in [2.75, 3.05) is 6.54 Å². The van der Waals surface area contributed by atoms with Crippen LogP contribution in [0.2, 0.25) is 0 Å². The van der Waals surface area contributed by atoms with Gasteiger partial charge in [0.15, 0.2) is 0 Å². The minimum atomic E-state index is -0.858. The first-order valence-electron chi connectivity index (χ1n) is 6.67. The molecule has 1 aliphatic heterocycles. The molecule has 2 atom stereocenters. The molecular formula is C14H17BrN2O3. The molecule has 1 amide bonds. The molecule has 1 aromatic rings. The van der Waals surface area contributed by atoms with Crippen LogP contribution >= 0.6 is 15.9 Å². The molecule has 6 heteroatoms. The van der Waals surface area contributed by atoms with Gasteiger partial charge in [0.05, 0.1) is 12.0 Å². The lowest BCUT2D eigenvalue weighted by molar-refractivity contribution is -0.146. The van der Waals surface area contributed by atoms with Gasteiger partial charge in [-0.3, -0.25) is 14.6 Å². The minimum Gasteiger partial charge on any atom is -0.481 e. The van der Waals surface area contributed by atoms with Crippen molar-refractivity contribution in [3.63, 3.8) is 0 Å². The second-order valence-electron chi connectivity index (χ2n) is 4.90. The van der Waals surface area contributed by atoms with Crippen molar-refractivity contribution in [3.05, 3.63) is 28.5 Å². The molecule has 0 saturated carbocycles. The predicted molar refractivity (Wildman–Crippen MR) is 77.0 cm³/mol. The van der Waals surface area contributed by atoms with E-state index in [-0.39, 0.29) is 5.91 Å². The largest absolute Gasteiger partial charge is 0.481 e. The number of aromatic nitrogens is 1.